The Hall–Kier alpha value is -8.20. The van der Waals surface area contributed by atoms with E-state index in [4.69, 9.17) is 4.42 Å². The zero-order chi connectivity index (χ0) is 41.2. The number of para-hydroxylation sites is 1. The van der Waals surface area contributed by atoms with Crippen LogP contribution in [0.4, 0.5) is 17.1 Å². The summed E-state index contributed by atoms with van der Waals surface area (Å²) in [4.78, 5) is 2.46. The Morgan fingerprint density at radius 2 is 0.714 bits per heavy atom. The highest BCUT2D eigenvalue weighted by Gasteiger charge is 2.51. The third kappa shape index (κ3) is 4.72. The van der Waals surface area contributed by atoms with E-state index < -0.39 is 5.41 Å². The van der Waals surface area contributed by atoms with E-state index in [0.717, 1.165) is 50.1 Å². The van der Waals surface area contributed by atoms with Gasteiger partial charge in [0.15, 0.2) is 0 Å². The van der Waals surface area contributed by atoms with Crippen molar-refractivity contribution in [1.82, 2.24) is 0 Å². The van der Waals surface area contributed by atoms with Gasteiger partial charge < -0.3 is 9.32 Å². The molecule has 0 saturated heterocycles. The molecule has 1 heterocycles. The number of nitrogens with zero attached hydrogens (tertiary/aromatic N) is 1. The molecule has 0 radical (unpaired) electrons. The van der Waals surface area contributed by atoms with Crippen molar-refractivity contribution >= 4 is 71.3 Å². The number of hydrogen-bond donors (Lipinski definition) is 0. The topological polar surface area (TPSA) is 16.4 Å². The van der Waals surface area contributed by atoms with Crippen molar-refractivity contribution in [2.75, 3.05) is 4.90 Å². The van der Waals surface area contributed by atoms with Gasteiger partial charge in [-0.3, -0.25) is 0 Å². The minimum absolute atomic E-state index is 0.445. The van der Waals surface area contributed by atoms with Crippen molar-refractivity contribution in [3.05, 3.63) is 247 Å². The first-order valence-corrected chi connectivity index (χ1v) is 21.8. The van der Waals surface area contributed by atoms with E-state index >= 15 is 0 Å². The fourth-order valence-corrected chi connectivity index (χ4v) is 11.4. The van der Waals surface area contributed by atoms with Crippen LogP contribution < -0.4 is 4.90 Å². The Morgan fingerprint density at radius 1 is 0.270 bits per heavy atom. The average Bonchev–Trinajstić information content (AvgIpc) is 3.98. The molecule has 2 aliphatic rings. The number of rotatable bonds is 4. The SMILES string of the molecule is c1ccc2c(c1)-c1ccccc1C21c2ccccc2-c2ccc(N(c3ccc(-c4ccc5oc6ccccc6c5c4)cc3)c3ccc4c5ccccc5c5ccccc5c4c3)cc21. The van der Waals surface area contributed by atoms with Crippen LogP contribution in [0.15, 0.2) is 229 Å². The van der Waals surface area contributed by atoms with E-state index in [9.17, 15) is 0 Å². The summed E-state index contributed by atoms with van der Waals surface area (Å²) in [7, 11) is 0. The molecule has 11 aromatic carbocycles. The van der Waals surface area contributed by atoms with E-state index in [0.29, 0.717) is 0 Å². The van der Waals surface area contributed by atoms with Crippen LogP contribution in [0, 0.1) is 0 Å². The molecule has 63 heavy (non-hydrogen) atoms. The van der Waals surface area contributed by atoms with Gasteiger partial charge >= 0.3 is 0 Å². The van der Waals surface area contributed by atoms with E-state index in [1.54, 1.807) is 0 Å². The van der Waals surface area contributed by atoms with Gasteiger partial charge in [0.2, 0.25) is 0 Å². The zero-order valence-corrected chi connectivity index (χ0v) is 34.2. The number of benzene rings is 11. The Labute approximate surface area is 364 Å². The maximum absolute atomic E-state index is 6.19. The molecule has 0 fully saturated rings. The Morgan fingerprint density at radius 3 is 1.35 bits per heavy atom. The molecule has 0 amide bonds. The van der Waals surface area contributed by atoms with Gasteiger partial charge in [-0.2, -0.15) is 0 Å². The Kier molecular flexibility index (Phi) is 7.07. The molecule has 0 bridgehead atoms. The first kappa shape index (κ1) is 34.5. The first-order valence-electron chi connectivity index (χ1n) is 21.8. The predicted octanol–water partition coefficient (Wildman–Crippen LogP) is 16.5. The highest BCUT2D eigenvalue weighted by atomic mass is 16.3. The second-order valence-corrected chi connectivity index (χ2v) is 17.1. The predicted molar refractivity (Wildman–Crippen MR) is 263 cm³/mol. The molecule has 2 heteroatoms. The van der Waals surface area contributed by atoms with Gasteiger partial charge in [0.25, 0.3) is 0 Å². The van der Waals surface area contributed by atoms with Crippen LogP contribution in [0.3, 0.4) is 0 Å². The smallest absolute Gasteiger partial charge is 0.135 e. The van der Waals surface area contributed by atoms with Crippen molar-refractivity contribution in [3.8, 4) is 33.4 Å². The van der Waals surface area contributed by atoms with Crippen molar-refractivity contribution < 1.29 is 4.42 Å². The normalized spacial score (nSPS) is 13.2. The summed E-state index contributed by atoms with van der Waals surface area (Å²) in [6, 6.07) is 83.0. The van der Waals surface area contributed by atoms with E-state index in [-0.39, 0.29) is 0 Å². The van der Waals surface area contributed by atoms with Gasteiger partial charge in [0.05, 0.1) is 5.41 Å². The number of furan rings is 1. The van der Waals surface area contributed by atoms with E-state index in [2.05, 4.69) is 217 Å². The zero-order valence-electron chi connectivity index (χ0n) is 34.2. The lowest BCUT2D eigenvalue weighted by molar-refractivity contribution is 0.669. The quantitative estimate of drug-likeness (QED) is 0.165. The number of anilines is 3. The highest BCUT2D eigenvalue weighted by molar-refractivity contribution is 6.26. The summed E-state index contributed by atoms with van der Waals surface area (Å²) in [5, 5.41) is 9.85. The van der Waals surface area contributed by atoms with Gasteiger partial charge in [0, 0.05) is 27.8 Å². The molecule has 0 N–H and O–H groups in total. The summed E-state index contributed by atoms with van der Waals surface area (Å²) in [5.41, 5.74) is 17.6. The van der Waals surface area contributed by atoms with Crippen LogP contribution in [0.25, 0.3) is 87.6 Å². The van der Waals surface area contributed by atoms with Crippen molar-refractivity contribution in [2.24, 2.45) is 0 Å². The summed E-state index contributed by atoms with van der Waals surface area (Å²) in [5.74, 6) is 0. The third-order valence-electron chi connectivity index (χ3n) is 14.1. The van der Waals surface area contributed by atoms with Crippen molar-refractivity contribution in [1.29, 1.82) is 0 Å². The molecule has 1 spiro atoms. The minimum atomic E-state index is -0.445. The summed E-state index contributed by atoms with van der Waals surface area (Å²) < 4.78 is 6.19. The van der Waals surface area contributed by atoms with Gasteiger partial charge in [0.1, 0.15) is 11.2 Å². The molecule has 0 aliphatic heterocycles. The second kappa shape index (κ2) is 12.9. The van der Waals surface area contributed by atoms with Crippen molar-refractivity contribution in [2.45, 2.75) is 5.41 Å². The van der Waals surface area contributed by atoms with Crippen LogP contribution >= 0.6 is 0 Å². The number of fused-ring (bicyclic) bond motifs is 19. The fourth-order valence-electron chi connectivity index (χ4n) is 11.4. The average molecular weight is 800 g/mol. The van der Waals surface area contributed by atoms with Crippen molar-refractivity contribution in [3.63, 3.8) is 0 Å². The first-order chi connectivity index (χ1) is 31.2. The van der Waals surface area contributed by atoms with Crippen LogP contribution in [0.5, 0.6) is 0 Å². The molecule has 2 nitrogen and oxygen atoms in total. The molecule has 12 aromatic rings. The molecular formula is C61H37NO. The number of hydrogen-bond acceptors (Lipinski definition) is 2. The van der Waals surface area contributed by atoms with E-state index in [1.807, 2.05) is 12.1 Å². The highest BCUT2D eigenvalue weighted by Crippen LogP contribution is 2.63. The van der Waals surface area contributed by atoms with Gasteiger partial charge in [-0.05, 0) is 143 Å². The van der Waals surface area contributed by atoms with Gasteiger partial charge in [-0.25, -0.2) is 0 Å². The van der Waals surface area contributed by atoms with Crippen LogP contribution in [0.2, 0.25) is 0 Å². The summed E-state index contributed by atoms with van der Waals surface area (Å²) >= 11 is 0. The molecule has 2 aliphatic carbocycles. The maximum atomic E-state index is 6.19. The van der Waals surface area contributed by atoms with Gasteiger partial charge in [-0.15, -0.1) is 0 Å². The lowest BCUT2D eigenvalue weighted by Crippen LogP contribution is -2.26. The standard InChI is InChI=1S/C61H37NO/c1-2-15-45-43(13-1)44-14-3-4-16-46(44)53-36-41(30-32-47(45)53)62(40-28-25-38(26-29-40)39-27-34-60-54(35-39)52-20-8-12-24-59(52)63-60)42-31-33-51-50-19-7-11-23-57(50)61(58(51)37-42)55-21-9-5-17-48(55)49-18-6-10-22-56(49)61/h1-37H. The molecule has 0 saturated carbocycles. The lowest BCUT2D eigenvalue weighted by Gasteiger charge is -2.32. The van der Waals surface area contributed by atoms with Crippen LogP contribution in [0.1, 0.15) is 22.3 Å². The summed E-state index contributed by atoms with van der Waals surface area (Å²) in [6.45, 7) is 0. The molecular weight excluding hydrogens is 763 g/mol. The largest absolute Gasteiger partial charge is 0.456 e. The molecule has 1 aromatic heterocycles. The fraction of sp³-hybridized carbons (Fsp3) is 0.0164. The molecule has 14 rings (SSSR count). The lowest BCUT2D eigenvalue weighted by atomic mass is 9.70. The monoisotopic (exact) mass is 799 g/mol. The summed E-state index contributed by atoms with van der Waals surface area (Å²) in [6.07, 6.45) is 0. The minimum Gasteiger partial charge on any atom is -0.456 e. The Bertz CT molecular complexity index is 3770. The van der Waals surface area contributed by atoms with Gasteiger partial charge in [-0.1, -0.05) is 170 Å². The molecule has 292 valence electrons. The molecule has 0 atom stereocenters. The molecule has 0 unspecified atom stereocenters. The van der Waals surface area contributed by atoms with E-state index in [1.165, 1.54) is 76.8 Å². The maximum Gasteiger partial charge on any atom is 0.135 e. The van der Waals surface area contributed by atoms with Crippen LogP contribution in [-0.2, 0) is 5.41 Å². The van der Waals surface area contributed by atoms with Crippen LogP contribution in [-0.4, -0.2) is 0 Å². The Balaban J connectivity index is 1.00. The third-order valence-corrected chi connectivity index (χ3v) is 14.1. The second-order valence-electron chi connectivity index (χ2n) is 17.1.